The summed E-state index contributed by atoms with van der Waals surface area (Å²) in [6, 6.07) is 5.83. The van der Waals surface area contributed by atoms with Gasteiger partial charge >= 0.3 is 0 Å². The first kappa shape index (κ1) is 13.5. The zero-order valence-corrected chi connectivity index (χ0v) is 10.9. The molecule has 0 saturated heterocycles. The van der Waals surface area contributed by atoms with Crippen LogP contribution in [0.25, 0.3) is 0 Å². The molecule has 0 bridgehead atoms. The van der Waals surface area contributed by atoms with Gasteiger partial charge in [0.25, 0.3) is 0 Å². The summed E-state index contributed by atoms with van der Waals surface area (Å²) in [5, 5.41) is 10.8. The molecule has 90 valence electrons. The zero-order valence-electron chi connectivity index (χ0n) is 10.2. The molecule has 0 radical (unpaired) electrons. The van der Waals surface area contributed by atoms with Gasteiger partial charge < -0.3 is 5.11 Å². The fourth-order valence-corrected chi connectivity index (χ4v) is 2.10. The van der Waals surface area contributed by atoms with Crippen LogP contribution in [0.1, 0.15) is 56.3 Å². The van der Waals surface area contributed by atoms with E-state index < -0.39 is 6.10 Å². The van der Waals surface area contributed by atoms with Gasteiger partial charge in [0.2, 0.25) is 0 Å². The molecule has 1 N–H and O–H groups in total. The maximum atomic E-state index is 10.0. The minimum Gasteiger partial charge on any atom is -0.388 e. The van der Waals surface area contributed by atoms with Crippen LogP contribution in [0.4, 0.5) is 0 Å². The number of halogens is 1. The summed E-state index contributed by atoms with van der Waals surface area (Å²) in [6.07, 6.45) is 5.12. The first-order chi connectivity index (χ1) is 7.66. The Balaban J connectivity index is 2.52. The van der Waals surface area contributed by atoms with Gasteiger partial charge in [0, 0.05) is 5.02 Å². The van der Waals surface area contributed by atoms with Crippen molar-refractivity contribution in [2.45, 2.75) is 52.1 Å². The van der Waals surface area contributed by atoms with Crippen LogP contribution in [0, 0.1) is 6.92 Å². The van der Waals surface area contributed by atoms with Gasteiger partial charge in [-0.25, -0.2) is 0 Å². The van der Waals surface area contributed by atoms with Crippen molar-refractivity contribution in [2.75, 3.05) is 0 Å². The maximum absolute atomic E-state index is 10.0. The quantitative estimate of drug-likeness (QED) is 0.718. The summed E-state index contributed by atoms with van der Waals surface area (Å²) in [5.74, 6) is 0. The summed E-state index contributed by atoms with van der Waals surface area (Å²) < 4.78 is 0. The number of rotatable bonds is 6. The van der Waals surface area contributed by atoms with Crippen LogP contribution < -0.4 is 0 Å². The van der Waals surface area contributed by atoms with Crippen LogP contribution in [-0.2, 0) is 0 Å². The minimum absolute atomic E-state index is 0.413. The standard InChI is InChI=1S/C14H21ClO/c1-3-4-5-6-10-13(16)12-9-7-8-11(2)14(12)15/h7-9,13,16H,3-6,10H2,1-2H3. The Labute approximate surface area is 103 Å². The summed E-state index contributed by atoms with van der Waals surface area (Å²) in [7, 11) is 0. The van der Waals surface area contributed by atoms with Crippen LogP contribution in [0.15, 0.2) is 18.2 Å². The number of hydrogen-bond acceptors (Lipinski definition) is 1. The van der Waals surface area contributed by atoms with Crippen molar-refractivity contribution in [3.8, 4) is 0 Å². The lowest BCUT2D eigenvalue weighted by Crippen LogP contribution is -1.99. The monoisotopic (exact) mass is 240 g/mol. The van der Waals surface area contributed by atoms with Crippen LogP contribution >= 0.6 is 11.6 Å². The summed E-state index contributed by atoms with van der Waals surface area (Å²) >= 11 is 6.17. The first-order valence-electron chi connectivity index (χ1n) is 6.10. The van der Waals surface area contributed by atoms with Gasteiger partial charge in [0.1, 0.15) is 0 Å². The Hall–Kier alpha value is -0.530. The van der Waals surface area contributed by atoms with Gasteiger partial charge in [-0.3, -0.25) is 0 Å². The van der Waals surface area contributed by atoms with Crippen molar-refractivity contribution < 1.29 is 5.11 Å². The molecular weight excluding hydrogens is 220 g/mol. The lowest BCUT2D eigenvalue weighted by Gasteiger charge is -2.13. The van der Waals surface area contributed by atoms with Crippen LogP contribution in [0.5, 0.6) is 0 Å². The normalized spacial score (nSPS) is 12.8. The molecule has 0 amide bonds. The second kappa shape index (κ2) is 6.93. The molecule has 0 saturated carbocycles. The van der Waals surface area contributed by atoms with E-state index in [4.69, 9.17) is 11.6 Å². The van der Waals surface area contributed by atoms with E-state index in [1.54, 1.807) is 0 Å². The number of unbranched alkanes of at least 4 members (excludes halogenated alkanes) is 3. The highest BCUT2D eigenvalue weighted by molar-refractivity contribution is 6.32. The van der Waals surface area contributed by atoms with E-state index in [1.807, 2.05) is 25.1 Å². The second-order valence-corrected chi connectivity index (χ2v) is 4.72. The van der Waals surface area contributed by atoms with Crippen LogP contribution in [-0.4, -0.2) is 5.11 Å². The highest BCUT2D eigenvalue weighted by Gasteiger charge is 2.11. The van der Waals surface area contributed by atoms with Gasteiger partial charge in [-0.05, 0) is 24.5 Å². The van der Waals surface area contributed by atoms with E-state index in [0.29, 0.717) is 5.02 Å². The molecule has 1 atom stereocenters. The van der Waals surface area contributed by atoms with Gasteiger partial charge in [0.05, 0.1) is 6.10 Å². The number of aryl methyl sites for hydroxylation is 1. The molecule has 0 fully saturated rings. The lowest BCUT2D eigenvalue weighted by molar-refractivity contribution is 0.163. The van der Waals surface area contributed by atoms with Crippen molar-refractivity contribution in [1.82, 2.24) is 0 Å². The number of aliphatic hydroxyl groups excluding tert-OH is 1. The number of benzene rings is 1. The molecule has 1 rings (SSSR count). The first-order valence-corrected chi connectivity index (χ1v) is 6.47. The molecular formula is C14H21ClO. The zero-order chi connectivity index (χ0) is 12.0. The Morgan fingerprint density at radius 2 is 2.00 bits per heavy atom. The molecule has 16 heavy (non-hydrogen) atoms. The van der Waals surface area contributed by atoms with Gasteiger partial charge in [0.15, 0.2) is 0 Å². The Kier molecular flexibility index (Phi) is 5.86. The van der Waals surface area contributed by atoms with E-state index in [0.717, 1.165) is 24.0 Å². The van der Waals surface area contributed by atoms with Gasteiger partial charge in [-0.15, -0.1) is 0 Å². The predicted octanol–water partition coefficient (Wildman–Crippen LogP) is 4.65. The van der Waals surface area contributed by atoms with E-state index in [1.165, 1.54) is 19.3 Å². The highest BCUT2D eigenvalue weighted by atomic mass is 35.5. The molecule has 2 heteroatoms. The highest BCUT2D eigenvalue weighted by Crippen LogP contribution is 2.29. The molecule has 1 aromatic rings. The SMILES string of the molecule is CCCCCCC(O)c1cccc(C)c1Cl. The molecule has 0 aliphatic carbocycles. The molecule has 1 unspecified atom stereocenters. The average molecular weight is 241 g/mol. The molecule has 0 heterocycles. The topological polar surface area (TPSA) is 20.2 Å². The summed E-state index contributed by atoms with van der Waals surface area (Å²) in [6.45, 7) is 4.16. The molecule has 0 spiro atoms. The molecule has 0 aromatic heterocycles. The second-order valence-electron chi connectivity index (χ2n) is 4.34. The molecule has 1 aromatic carbocycles. The van der Waals surface area contributed by atoms with Crippen molar-refractivity contribution >= 4 is 11.6 Å². The van der Waals surface area contributed by atoms with Crippen molar-refractivity contribution in [2.24, 2.45) is 0 Å². The van der Waals surface area contributed by atoms with Crippen molar-refractivity contribution in [3.63, 3.8) is 0 Å². The van der Waals surface area contributed by atoms with E-state index in [-0.39, 0.29) is 0 Å². The third-order valence-electron chi connectivity index (χ3n) is 2.91. The molecule has 0 aliphatic rings. The van der Waals surface area contributed by atoms with Crippen LogP contribution in [0.3, 0.4) is 0 Å². The Bertz CT molecular complexity index is 323. The fraction of sp³-hybridized carbons (Fsp3) is 0.571. The summed E-state index contributed by atoms with van der Waals surface area (Å²) in [5.41, 5.74) is 1.91. The predicted molar refractivity (Wildman–Crippen MR) is 69.9 cm³/mol. The maximum Gasteiger partial charge on any atom is 0.0804 e. The lowest BCUT2D eigenvalue weighted by atomic mass is 10.0. The third kappa shape index (κ3) is 3.80. The van der Waals surface area contributed by atoms with Crippen LogP contribution in [0.2, 0.25) is 5.02 Å². The summed E-state index contributed by atoms with van der Waals surface area (Å²) in [4.78, 5) is 0. The number of hydrogen-bond donors (Lipinski definition) is 1. The Morgan fingerprint density at radius 1 is 1.25 bits per heavy atom. The fourth-order valence-electron chi connectivity index (χ4n) is 1.85. The van der Waals surface area contributed by atoms with E-state index in [9.17, 15) is 5.11 Å². The average Bonchev–Trinajstić information content (AvgIpc) is 2.28. The van der Waals surface area contributed by atoms with E-state index >= 15 is 0 Å². The van der Waals surface area contributed by atoms with Gasteiger partial charge in [-0.2, -0.15) is 0 Å². The third-order valence-corrected chi connectivity index (χ3v) is 3.43. The van der Waals surface area contributed by atoms with Gasteiger partial charge in [-0.1, -0.05) is 62.4 Å². The molecule has 1 nitrogen and oxygen atoms in total. The van der Waals surface area contributed by atoms with E-state index in [2.05, 4.69) is 6.92 Å². The molecule has 0 aliphatic heterocycles. The smallest absolute Gasteiger partial charge is 0.0804 e. The van der Waals surface area contributed by atoms with Crippen molar-refractivity contribution in [1.29, 1.82) is 0 Å². The Morgan fingerprint density at radius 3 is 2.69 bits per heavy atom. The largest absolute Gasteiger partial charge is 0.388 e. The number of aliphatic hydroxyl groups is 1. The van der Waals surface area contributed by atoms with Crippen molar-refractivity contribution in [3.05, 3.63) is 34.3 Å². The minimum atomic E-state index is -0.413.